The van der Waals surface area contributed by atoms with Crippen molar-refractivity contribution in [2.45, 2.75) is 81.3 Å². The Hall–Kier alpha value is -2.83. The number of nitrogens with zero attached hydrogens (tertiary/aromatic N) is 2. The fourth-order valence-corrected chi connectivity index (χ4v) is 6.28. The quantitative estimate of drug-likeness (QED) is 0.153. The maximum atomic E-state index is 12.5. The van der Waals surface area contributed by atoms with Crippen LogP contribution < -0.4 is 5.32 Å². The van der Waals surface area contributed by atoms with Gasteiger partial charge in [-0.15, -0.1) is 10.2 Å². The van der Waals surface area contributed by atoms with Crippen molar-refractivity contribution in [3.63, 3.8) is 0 Å². The second kappa shape index (κ2) is 15.2. The van der Waals surface area contributed by atoms with Crippen LogP contribution >= 0.6 is 23.1 Å². The first-order chi connectivity index (χ1) is 19.4. The molecule has 11 heteroatoms. The molecule has 3 atom stereocenters. The highest BCUT2D eigenvalue weighted by Gasteiger charge is 2.32. The minimum Gasteiger partial charge on any atom is -0.481 e. The number of benzene rings is 2. The van der Waals surface area contributed by atoms with Gasteiger partial charge in [-0.2, -0.15) is 0 Å². The third-order valence-corrected chi connectivity index (χ3v) is 8.61. The molecule has 3 aromatic rings. The lowest BCUT2D eigenvalue weighted by Gasteiger charge is -2.36. The van der Waals surface area contributed by atoms with E-state index in [1.165, 1.54) is 0 Å². The van der Waals surface area contributed by atoms with Crippen molar-refractivity contribution in [1.29, 1.82) is 0 Å². The third kappa shape index (κ3) is 9.38. The summed E-state index contributed by atoms with van der Waals surface area (Å²) in [6, 6.07) is 15.3. The van der Waals surface area contributed by atoms with Crippen molar-refractivity contribution in [2.24, 2.45) is 0 Å². The number of thioether (sulfide) groups is 1. The Bertz CT molecular complexity index is 1250. The summed E-state index contributed by atoms with van der Waals surface area (Å²) in [5.74, 6) is -0.168. The fraction of sp³-hybridized carbons (Fsp3) is 0.448. The van der Waals surface area contributed by atoms with E-state index in [4.69, 9.17) is 14.6 Å². The number of nitrogens with one attached hydrogen (secondary N) is 1. The molecular weight excluding hydrogens is 550 g/mol. The lowest BCUT2D eigenvalue weighted by molar-refractivity contribution is -0.245. The van der Waals surface area contributed by atoms with E-state index in [1.807, 2.05) is 55.5 Å². The van der Waals surface area contributed by atoms with Crippen molar-refractivity contribution in [3.05, 3.63) is 70.2 Å². The molecule has 1 aliphatic rings. The molecule has 0 spiro atoms. The minimum atomic E-state index is -0.786. The summed E-state index contributed by atoms with van der Waals surface area (Å²) >= 11 is 3.18. The van der Waals surface area contributed by atoms with Gasteiger partial charge in [0.05, 0.1) is 18.8 Å². The van der Waals surface area contributed by atoms with Gasteiger partial charge in [-0.25, -0.2) is 0 Å². The van der Waals surface area contributed by atoms with E-state index in [1.54, 1.807) is 23.1 Å². The number of unbranched alkanes of at least 4 members (excludes halogenated alkanes) is 3. The molecule has 1 amide bonds. The molecule has 2 heterocycles. The number of carboxylic acid groups (broad SMARTS) is 1. The van der Waals surface area contributed by atoms with Crippen molar-refractivity contribution < 1.29 is 29.3 Å². The van der Waals surface area contributed by atoms with E-state index >= 15 is 0 Å². The van der Waals surface area contributed by atoms with Crippen LogP contribution in [0.3, 0.4) is 0 Å². The first kappa shape index (κ1) is 30.1. The number of amides is 1. The molecule has 214 valence electrons. The van der Waals surface area contributed by atoms with Crippen LogP contribution in [-0.2, 0) is 25.7 Å². The number of hydrogen-bond acceptors (Lipinski definition) is 9. The normalized spacial score (nSPS) is 18.9. The first-order valence-corrected chi connectivity index (χ1v) is 15.2. The maximum absolute atomic E-state index is 12.5. The van der Waals surface area contributed by atoms with Crippen molar-refractivity contribution >= 4 is 40.7 Å². The predicted octanol–water partition coefficient (Wildman–Crippen LogP) is 6.04. The number of ether oxygens (including phenoxy) is 2. The lowest BCUT2D eigenvalue weighted by Crippen LogP contribution is -2.31. The molecular formula is C29H35N3O6S2. The van der Waals surface area contributed by atoms with Crippen molar-refractivity contribution in [3.8, 4) is 0 Å². The number of aliphatic carboxylic acids is 1. The SMILES string of the molecule is Cc1nnc(SC[C@@H]2C[C@H](c3ccc(CO)cc3)O[C@H](c3cccc(NC(=O)CCCCCCC(=O)O)c3)O2)s1. The number of rotatable bonds is 14. The van der Waals surface area contributed by atoms with Crippen molar-refractivity contribution in [2.75, 3.05) is 11.1 Å². The summed E-state index contributed by atoms with van der Waals surface area (Å²) in [6.45, 7) is 1.92. The monoisotopic (exact) mass is 585 g/mol. The molecule has 1 aromatic heterocycles. The van der Waals surface area contributed by atoms with Gasteiger partial charge in [0.1, 0.15) is 5.01 Å². The van der Waals surface area contributed by atoms with E-state index in [0.717, 1.165) is 38.9 Å². The Morgan fingerprint density at radius 3 is 2.50 bits per heavy atom. The summed E-state index contributed by atoms with van der Waals surface area (Å²) in [4.78, 5) is 23.1. The van der Waals surface area contributed by atoms with Crippen LogP contribution in [0.25, 0.3) is 0 Å². The van der Waals surface area contributed by atoms with Crippen LogP contribution in [0.4, 0.5) is 5.69 Å². The second-order valence-corrected chi connectivity index (χ2v) is 12.2. The number of aliphatic hydroxyl groups is 1. The molecule has 0 bridgehead atoms. The average Bonchev–Trinajstić information content (AvgIpc) is 3.38. The number of anilines is 1. The number of hydrogen-bond donors (Lipinski definition) is 3. The Morgan fingerprint density at radius 1 is 1.02 bits per heavy atom. The number of carbonyl (C=O) groups is 2. The van der Waals surface area contributed by atoms with Crippen LogP contribution in [0.5, 0.6) is 0 Å². The van der Waals surface area contributed by atoms with Gasteiger partial charge in [-0.3, -0.25) is 9.59 Å². The zero-order valence-corrected chi connectivity index (χ0v) is 24.1. The zero-order valence-electron chi connectivity index (χ0n) is 22.5. The van der Waals surface area contributed by atoms with E-state index in [2.05, 4.69) is 15.5 Å². The Labute approximate surface area is 242 Å². The third-order valence-electron chi connectivity index (χ3n) is 6.50. The minimum absolute atomic E-state index is 0.0126. The van der Waals surface area contributed by atoms with Gasteiger partial charge >= 0.3 is 5.97 Å². The van der Waals surface area contributed by atoms with Gasteiger partial charge in [0.25, 0.3) is 0 Å². The summed E-state index contributed by atoms with van der Waals surface area (Å²) in [7, 11) is 0. The van der Waals surface area contributed by atoms with E-state index in [-0.39, 0.29) is 31.1 Å². The van der Waals surface area contributed by atoms with Crippen LogP contribution in [0, 0.1) is 6.92 Å². The molecule has 2 aromatic carbocycles. The fourth-order valence-electron chi connectivity index (χ4n) is 4.43. The smallest absolute Gasteiger partial charge is 0.303 e. The van der Waals surface area contributed by atoms with E-state index in [9.17, 15) is 14.7 Å². The summed E-state index contributed by atoms with van der Waals surface area (Å²) in [5.41, 5.74) is 3.34. The van der Waals surface area contributed by atoms with Gasteiger partial charge in [0.15, 0.2) is 10.6 Å². The molecule has 9 nitrogen and oxygen atoms in total. The van der Waals surface area contributed by atoms with Gasteiger partial charge < -0.3 is 25.0 Å². The molecule has 40 heavy (non-hydrogen) atoms. The highest BCUT2D eigenvalue weighted by atomic mass is 32.2. The van der Waals surface area contributed by atoms with Crippen LogP contribution in [0.1, 0.15) is 79.0 Å². The molecule has 4 rings (SSSR count). The van der Waals surface area contributed by atoms with Gasteiger partial charge in [-0.05, 0) is 43.0 Å². The largest absolute Gasteiger partial charge is 0.481 e. The lowest BCUT2D eigenvalue weighted by atomic mass is 10.0. The van der Waals surface area contributed by atoms with Gasteiger partial charge in [0.2, 0.25) is 5.91 Å². The molecule has 1 fully saturated rings. The number of aromatic nitrogens is 2. The van der Waals surface area contributed by atoms with Crippen molar-refractivity contribution in [1.82, 2.24) is 10.2 Å². The number of aliphatic hydroxyl groups excluding tert-OH is 1. The van der Waals surface area contributed by atoms with E-state index in [0.29, 0.717) is 37.1 Å². The molecule has 0 unspecified atom stereocenters. The predicted molar refractivity (Wildman–Crippen MR) is 154 cm³/mol. The van der Waals surface area contributed by atoms with Gasteiger partial charge in [-0.1, -0.05) is 72.3 Å². The number of aryl methyl sites for hydroxylation is 1. The Morgan fingerprint density at radius 2 is 1.80 bits per heavy atom. The number of carbonyl (C=O) groups excluding carboxylic acids is 1. The second-order valence-electron chi connectivity index (χ2n) is 9.73. The van der Waals surface area contributed by atoms with Crippen LogP contribution in [0.2, 0.25) is 0 Å². The molecule has 0 aliphatic carbocycles. The molecule has 1 saturated heterocycles. The maximum Gasteiger partial charge on any atom is 0.303 e. The summed E-state index contributed by atoms with van der Waals surface area (Å²) in [5, 5.41) is 30.3. The van der Waals surface area contributed by atoms with Crippen LogP contribution in [0.15, 0.2) is 52.9 Å². The highest BCUT2D eigenvalue weighted by molar-refractivity contribution is 8.01. The van der Waals surface area contributed by atoms with Crippen LogP contribution in [-0.4, -0.2) is 44.1 Å². The van der Waals surface area contributed by atoms with Gasteiger partial charge in [0, 0.05) is 36.3 Å². The first-order valence-electron chi connectivity index (χ1n) is 13.4. The molecule has 0 radical (unpaired) electrons. The average molecular weight is 586 g/mol. The molecule has 1 aliphatic heterocycles. The number of carboxylic acids is 1. The highest BCUT2D eigenvalue weighted by Crippen LogP contribution is 2.40. The summed E-state index contributed by atoms with van der Waals surface area (Å²) < 4.78 is 13.7. The zero-order chi connectivity index (χ0) is 28.3. The Balaban J connectivity index is 1.39. The summed E-state index contributed by atoms with van der Waals surface area (Å²) in [6.07, 6.45) is 3.25. The molecule has 0 saturated carbocycles. The standard InChI is InChI=1S/C29H35N3O6S2/c1-19-31-32-29(40-19)39-18-24-16-25(21-13-11-20(17-33)12-14-21)38-28(37-24)22-7-6-8-23(15-22)30-26(34)9-4-2-3-5-10-27(35)36/h6-8,11-15,24-25,28,33H,2-5,9-10,16-18H2,1H3,(H,30,34)(H,35,36)/t24-,25+,28+/m0/s1. The topological polar surface area (TPSA) is 131 Å². The Kier molecular flexibility index (Phi) is 11.5. The van der Waals surface area contributed by atoms with E-state index < -0.39 is 12.3 Å². The molecule has 3 N–H and O–H groups in total.